The van der Waals surface area contributed by atoms with Crippen molar-refractivity contribution in [3.05, 3.63) is 96.1 Å². The number of piperazine rings is 1. The van der Waals surface area contributed by atoms with Crippen LogP contribution < -0.4 is 9.64 Å². The molecule has 3 aromatic rings. The van der Waals surface area contributed by atoms with Gasteiger partial charge >= 0.3 is 5.97 Å². The Morgan fingerprint density at radius 3 is 1.92 bits per heavy atom. The van der Waals surface area contributed by atoms with Crippen LogP contribution in [0.15, 0.2) is 84.9 Å². The fourth-order valence-electron chi connectivity index (χ4n) is 5.35. The van der Waals surface area contributed by atoms with E-state index in [9.17, 15) is 9.59 Å². The molecule has 1 amide bonds. The van der Waals surface area contributed by atoms with Gasteiger partial charge in [-0.2, -0.15) is 0 Å². The quantitative estimate of drug-likeness (QED) is 0.274. The van der Waals surface area contributed by atoms with E-state index in [1.54, 1.807) is 4.90 Å². The molecule has 1 fully saturated rings. The fraction of sp³-hybridized carbons (Fsp3) is 0.375. The lowest BCUT2D eigenvalue weighted by atomic mass is 9.70. The Labute approximate surface area is 231 Å². The van der Waals surface area contributed by atoms with E-state index in [4.69, 9.17) is 9.47 Å². The van der Waals surface area contributed by atoms with Gasteiger partial charge in [-0.25, -0.2) is 0 Å². The maximum absolute atomic E-state index is 13.9. The molecule has 1 aliphatic heterocycles. The van der Waals surface area contributed by atoms with E-state index in [0.29, 0.717) is 13.0 Å². The third-order valence-electron chi connectivity index (χ3n) is 7.33. The summed E-state index contributed by atoms with van der Waals surface area (Å²) in [7, 11) is 3.68. The molecule has 0 bridgehead atoms. The molecule has 0 spiro atoms. The first kappa shape index (κ1) is 28.2. The van der Waals surface area contributed by atoms with E-state index >= 15 is 0 Å². The minimum atomic E-state index is -0.758. The Bertz CT molecular complexity index is 1170. The summed E-state index contributed by atoms with van der Waals surface area (Å²) < 4.78 is 10.9. The largest absolute Gasteiger partial charge is 0.488 e. The fourth-order valence-corrected chi connectivity index (χ4v) is 5.35. The number of esters is 1. The van der Waals surface area contributed by atoms with Gasteiger partial charge in [0.25, 0.3) is 0 Å². The molecule has 4 rings (SSSR count). The number of hydrogen-bond acceptors (Lipinski definition) is 6. The Balaban J connectivity index is 1.46. The van der Waals surface area contributed by atoms with Gasteiger partial charge in [0, 0.05) is 47.2 Å². The molecule has 0 aromatic heterocycles. The Morgan fingerprint density at radius 1 is 0.795 bits per heavy atom. The molecule has 1 aliphatic rings. The first-order valence-electron chi connectivity index (χ1n) is 13.6. The maximum Gasteiger partial charge on any atom is 0.302 e. The van der Waals surface area contributed by atoms with Crippen molar-refractivity contribution >= 4 is 17.6 Å². The molecule has 0 unspecified atom stereocenters. The number of amides is 1. The highest BCUT2D eigenvalue weighted by Gasteiger charge is 2.43. The molecule has 206 valence electrons. The molecule has 1 heterocycles. The van der Waals surface area contributed by atoms with Crippen molar-refractivity contribution in [1.82, 2.24) is 9.80 Å². The van der Waals surface area contributed by atoms with E-state index in [1.807, 2.05) is 68.7 Å². The number of likely N-dealkylation sites (N-methyl/N-ethyl adjacent to an activating group) is 1. The van der Waals surface area contributed by atoms with E-state index < -0.39 is 5.41 Å². The highest BCUT2D eigenvalue weighted by molar-refractivity contribution is 5.92. The summed E-state index contributed by atoms with van der Waals surface area (Å²) in [5, 5.41) is 0. The minimum Gasteiger partial charge on any atom is -0.488 e. The zero-order valence-corrected chi connectivity index (χ0v) is 23.2. The van der Waals surface area contributed by atoms with Gasteiger partial charge in [0.15, 0.2) is 0 Å². The molecule has 1 saturated heterocycles. The average Bonchev–Trinajstić information content (AvgIpc) is 2.97. The summed E-state index contributed by atoms with van der Waals surface area (Å²) in [4.78, 5) is 31.5. The lowest BCUT2D eigenvalue weighted by Gasteiger charge is -2.40. The lowest BCUT2D eigenvalue weighted by molar-refractivity contribution is -0.141. The molecule has 0 radical (unpaired) electrons. The first-order chi connectivity index (χ1) is 18.9. The number of carbonyl (C=O) groups is 2. The van der Waals surface area contributed by atoms with Crippen molar-refractivity contribution < 1.29 is 19.1 Å². The molecule has 0 N–H and O–H groups in total. The van der Waals surface area contributed by atoms with Gasteiger partial charge in [-0.1, -0.05) is 72.8 Å². The molecular weight excluding hydrogens is 490 g/mol. The van der Waals surface area contributed by atoms with Crippen LogP contribution in [0.3, 0.4) is 0 Å². The van der Waals surface area contributed by atoms with Gasteiger partial charge in [0.2, 0.25) is 5.91 Å². The van der Waals surface area contributed by atoms with Crippen molar-refractivity contribution in [2.75, 3.05) is 64.9 Å². The second-order valence-corrected chi connectivity index (χ2v) is 10.1. The standard InChI is InChI=1S/C32H39N3O4/c1-26(36)38-24-25-39-30-17-11-10-16-29(30)35-22-20-34(21-23-35)19-18-32(31(37)33(2)3,27-12-6-4-7-13-27)28-14-8-5-9-15-28/h4-17H,18-25H2,1-3H3. The van der Waals surface area contributed by atoms with Crippen molar-refractivity contribution in [2.24, 2.45) is 0 Å². The third kappa shape index (κ3) is 6.79. The normalized spacial score (nSPS) is 14.1. The predicted octanol–water partition coefficient (Wildman–Crippen LogP) is 4.22. The molecular formula is C32H39N3O4. The third-order valence-corrected chi connectivity index (χ3v) is 7.33. The van der Waals surface area contributed by atoms with Gasteiger partial charge in [0.1, 0.15) is 24.4 Å². The molecule has 3 aromatic carbocycles. The van der Waals surface area contributed by atoms with Crippen LogP contribution in [0.25, 0.3) is 0 Å². The highest BCUT2D eigenvalue weighted by atomic mass is 16.6. The van der Waals surface area contributed by atoms with Gasteiger partial charge < -0.3 is 19.3 Å². The van der Waals surface area contributed by atoms with Gasteiger partial charge in [0.05, 0.1) is 5.69 Å². The number of ether oxygens (including phenoxy) is 2. The van der Waals surface area contributed by atoms with E-state index in [2.05, 4.69) is 40.1 Å². The van der Waals surface area contributed by atoms with Crippen molar-refractivity contribution in [3.63, 3.8) is 0 Å². The average molecular weight is 530 g/mol. The molecule has 0 aliphatic carbocycles. The molecule has 39 heavy (non-hydrogen) atoms. The summed E-state index contributed by atoms with van der Waals surface area (Å²) in [5.41, 5.74) is 2.33. The van der Waals surface area contributed by atoms with E-state index in [0.717, 1.165) is 55.3 Å². The van der Waals surface area contributed by atoms with Crippen LogP contribution in [0.5, 0.6) is 5.75 Å². The van der Waals surface area contributed by atoms with Crippen LogP contribution in [-0.2, 0) is 19.7 Å². The maximum atomic E-state index is 13.9. The number of nitrogens with zero attached hydrogens (tertiary/aromatic N) is 3. The smallest absolute Gasteiger partial charge is 0.302 e. The Kier molecular flexibility index (Phi) is 9.60. The Hall–Kier alpha value is -3.84. The van der Waals surface area contributed by atoms with Crippen LogP contribution in [0, 0.1) is 0 Å². The van der Waals surface area contributed by atoms with E-state index in [1.165, 1.54) is 6.92 Å². The number of carbonyl (C=O) groups excluding carboxylic acids is 2. The van der Waals surface area contributed by atoms with Gasteiger partial charge in [-0.05, 0) is 36.2 Å². The minimum absolute atomic E-state index is 0.0957. The van der Waals surface area contributed by atoms with Crippen LogP contribution in [0.1, 0.15) is 24.5 Å². The van der Waals surface area contributed by atoms with Crippen LogP contribution in [0.4, 0.5) is 5.69 Å². The zero-order chi connectivity index (χ0) is 27.7. The summed E-state index contributed by atoms with van der Waals surface area (Å²) in [6, 6.07) is 28.3. The van der Waals surface area contributed by atoms with Crippen LogP contribution in [-0.4, -0.2) is 81.7 Å². The molecule has 7 heteroatoms. The van der Waals surface area contributed by atoms with Crippen LogP contribution in [0.2, 0.25) is 0 Å². The van der Waals surface area contributed by atoms with Crippen LogP contribution >= 0.6 is 0 Å². The van der Waals surface area contributed by atoms with Crippen molar-refractivity contribution in [3.8, 4) is 5.75 Å². The second-order valence-electron chi connectivity index (χ2n) is 10.1. The van der Waals surface area contributed by atoms with Crippen molar-refractivity contribution in [2.45, 2.75) is 18.8 Å². The Morgan fingerprint density at radius 2 is 1.36 bits per heavy atom. The predicted molar refractivity (Wildman–Crippen MR) is 154 cm³/mol. The number of para-hydroxylation sites is 2. The highest BCUT2D eigenvalue weighted by Crippen LogP contribution is 2.38. The monoisotopic (exact) mass is 529 g/mol. The van der Waals surface area contributed by atoms with Crippen molar-refractivity contribution in [1.29, 1.82) is 0 Å². The number of anilines is 1. The lowest BCUT2D eigenvalue weighted by Crippen LogP contribution is -2.50. The molecule has 0 saturated carbocycles. The molecule has 0 atom stereocenters. The number of hydrogen-bond donors (Lipinski definition) is 0. The van der Waals surface area contributed by atoms with E-state index in [-0.39, 0.29) is 18.5 Å². The molecule has 7 nitrogen and oxygen atoms in total. The first-order valence-corrected chi connectivity index (χ1v) is 13.6. The summed E-state index contributed by atoms with van der Waals surface area (Å²) in [6.07, 6.45) is 0.688. The van der Waals surface area contributed by atoms with Gasteiger partial charge in [-0.3, -0.25) is 14.5 Å². The summed E-state index contributed by atoms with van der Waals surface area (Å²) in [5.74, 6) is 0.582. The second kappa shape index (κ2) is 13.3. The summed E-state index contributed by atoms with van der Waals surface area (Å²) in [6.45, 7) is 6.23. The zero-order valence-electron chi connectivity index (χ0n) is 23.2. The number of benzene rings is 3. The SMILES string of the molecule is CC(=O)OCCOc1ccccc1N1CCN(CCC(C(=O)N(C)C)(c2ccccc2)c2ccccc2)CC1. The number of rotatable bonds is 11. The summed E-state index contributed by atoms with van der Waals surface area (Å²) >= 11 is 0. The topological polar surface area (TPSA) is 62.3 Å². The van der Waals surface area contributed by atoms with Gasteiger partial charge in [-0.15, -0.1) is 0 Å².